The lowest BCUT2D eigenvalue weighted by Crippen LogP contribution is -2.40. The number of nitrogens with zero attached hydrogens (tertiary/aromatic N) is 1. The number of unbranched alkanes of at least 4 members (excludes halogenated alkanes) is 1. The maximum Gasteiger partial charge on any atom is 0.223 e. The fourth-order valence-corrected chi connectivity index (χ4v) is 2.33. The molecule has 2 N–H and O–H groups in total. The van der Waals surface area contributed by atoms with Gasteiger partial charge in [0.15, 0.2) is 0 Å². The summed E-state index contributed by atoms with van der Waals surface area (Å²) in [5.74, 6) is 0.413. The van der Waals surface area contributed by atoms with Crippen LogP contribution in [0, 0.1) is 5.92 Å². The summed E-state index contributed by atoms with van der Waals surface area (Å²) in [7, 11) is 0. The zero-order valence-corrected chi connectivity index (χ0v) is 11.0. The molecule has 1 aliphatic heterocycles. The molecule has 1 rings (SSSR count). The first-order valence-corrected chi connectivity index (χ1v) is 6.88. The van der Waals surface area contributed by atoms with Gasteiger partial charge < -0.3 is 15.3 Å². The van der Waals surface area contributed by atoms with Gasteiger partial charge in [0, 0.05) is 19.1 Å². The smallest absolute Gasteiger partial charge is 0.223 e. The quantitative estimate of drug-likeness (QED) is 0.655. The molecule has 4 heteroatoms. The second-order valence-corrected chi connectivity index (χ2v) is 4.84. The van der Waals surface area contributed by atoms with Crippen LogP contribution in [0.15, 0.2) is 0 Å². The van der Waals surface area contributed by atoms with Gasteiger partial charge in [0.1, 0.15) is 0 Å². The molecule has 0 aliphatic carbocycles. The number of aliphatic hydroxyl groups excluding tert-OH is 1. The highest BCUT2D eigenvalue weighted by Crippen LogP contribution is 2.17. The Balaban J connectivity index is 2.12. The van der Waals surface area contributed by atoms with Crippen molar-refractivity contribution in [1.29, 1.82) is 0 Å². The van der Waals surface area contributed by atoms with Crippen LogP contribution in [-0.2, 0) is 4.79 Å². The Morgan fingerprint density at radius 1 is 1.35 bits per heavy atom. The predicted molar refractivity (Wildman–Crippen MR) is 68.8 cm³/mol. The standard InChI is InChI=1S/C13H26N2O2/c1-2-8-15-9-5-12(6-10-15)13(17)14-7-3-4-11-16/h12,16H,2-11H2,1H3,(H,14,17). The number of carbonyl (C=O) groups is 1. The van der Waals surface area contributed by atoms with Crippen molar-refractivity contribution >= 4 is 5.91 Å². The third kappa shape index (κ3) is 5.50. The summed E-state index contributed by atoms with van der Waals surface area (Å²) in [4.78, 5) is 14.3. The summed E-state index contributed by atoms with van der Waals surface area (Å²) < 4.78 is 0. The highest BCUT2D eigenvalue weighted by molar-refractivity contribution is 5.78. The fourth-order valence-electron chi connectivity index (χ4n) is 2.33. The van der Waals surface area contributed by atoms with Crippen LogP contribution in [-0.4, -0.2) is 48.7 Å². The van der Waals surface area contributed by atoms with Crippen molar-refractivity contribution in [2.24, 2.45) is 5.92 Å². The van der Waals surface area contributed by atoms with Crippen LogP contribution in [0.25, 0.3) is 0 Å². The van der Waals surface area contributed by atoms with Gasteiger partial charge in [-0.3, -0.25) is 4.79 Å². The molecule has 1 aliphatic rings. The monoisotopic (exact) mass is 242 g/mol. The molecule has 1 heterocycles. The van der Waals surface area contributed by atoms with Crippen LogP contribution in [0.4, 0.5) is 0 Å². The number of nitrogens with one attached hydrogen (secondary N) is 1. The van der Waals surface area contributed by atoms with E-state index < -0.39 is 0 Å². The SMILES string of the molecule is CCCN1CCC(C(=O)NCCCCO)CC1. The largest absolute Gasteiger partial charge is 0.396 e. The zero-order chi connectivity index (χ0) is 12.5. The summed E-state index contributed by atoms with van der Waals surface area (Å²) in [6.07, 6.45) is 4.82. The van der Waals surface area contributed by atoms with Gasteiger partial charge in [-0.25, -0.2) is 0 Å². The molecule has 1 amide bonds. The maximum atomic E-state index is 11.8. The summed E-state index contributed by atoms with van der Waals surface area (Å²) in [6, 6.07) is 0. The molecule has 17 heavy (non-hydrogen) atoms. The van der Waals surface area contributed by atoms with Gasteiger partial charge in [-0.2, -0.15) is 0 Å². The van der Waals surface area contributed by atoms with E-state index in [0.717, 1.165) is 45.3 Å². The molecule has 0 radical (unpaired) electrons. The lowest BCUT2D eigenvalue weighted by molar-refractivity contribution is -0.126. The van der Waals surface area contributed by atoms with E-state index in [0.29, 0.717) is 6.54 Å². The molecule has 1 saturated heterocycles. The number of aliphatic hydroxyl groups is 1. The molecule has 0 unspecified atom stereocenters. The minimum absolute atomic E-state index is 0.206. The Labute approximate surface area is 104 Å². The van der Waals surface area contributed by atoms with Gasteiger partial charge in [-0.05, 0) is 51.7 Å². The lowest BCUT2D eigenvalue weighted by atomic mass is 9.96. The highest BCUT2D eigenvalue weighted by Gasteiger charge is 2.23. The molecule has 0 aromatic carbocycles. The average Bonchev–Trinajstić information content (AvgIpc) is 2.36. The first kappa shape index (κ1) is 14.5. The third-order valence-electron chi connectivity index (χ3n) is 3.38. The van der Waals surface area contributed by atoms with Gasteiger partial charge in [-0.1, -0.05) is 6.92 Å². The van der Waals surface area contributed by atoms with Crippen LogP contribution in [0.5, 0.6) is 0 Å². The number of rotatable bonds is 7. The number of carbonyl (C=O) groups excluding carboxylic acids is 1. The van der Waals surface area contributed by atoms with Gasteiger partial charge in [0.05, 0.1) is 0 Å². The fraction of sp³-hybridized carbons (Fsp3) is 0.923. The first-order valence-electron chi connectivity index (χ1n) is 6.88. The Morgan fingerprint density at radius 2 is 2.06 bits per heavy atom. The zero-order valence-electron chi connectivity index (χ0n) is 11.0. The normalized spacial score (nSPS) is 18.2. The van der Waals surface area contributed by atoms with Crippen molar-refractivity contribution in [3.63, 3.8) is 0 Å². The van der Waals surface area contributed by atoms with E-state index in [1.807, 2.05) is 0 Å². The Hall–Kier alpha value is -0.610. The Kier molecular flexibility index (Phi) is 7.21. The van der Waals surface area contributed by atoms with Gasteiger partial charge in [0.2, 0.25) is 5.91 Å². The molecule has 0 saturated carbocycles. The van der Waals surface area contributed by atoms with Crippen molar-refractivity contribution in [1.82, 2.24) is 10.2 Å². The second-order valence-electron chi connectivity index (χ2n) is 4.84. The van der Waals surface area contributed by atoms with Crippen molar-refractivity contribution in [2.45, 2.75) is 39.0 Å². The first-order chi connectivity index (χ1) is 8.27. The number of hydrogen-bond donors (Lipinski definition) is 2. The van der Waals surface area contributed by atoms with Crippen molar-refractivity contribution in [3.05, 3.63) is 0 Å². The van der Waals surface area contributed by atoms with Crippen LogP contribution in [0.3, 0.4) is 0 Å². The predicted octanol–water partition coefficient (Wildman–Crippen LogP) is 0.997. The molecule has 0 atom stereocenters. The third-order valence-corrected chi connectivity index (χ3v) is 3.38. The summed E-state index contributed by atoms with van der Waals surface area (Å²) >= 11 is 0. The van der Waals surface area contributed by atoms with Crippen LogP contribution < -0.4 is 5.32 Å². The molecule has 0 bridgehead atoms. The summed E-state index contributed by atoms with van der Waals surface area (Å²) in [5.41, 5.74) is 0. The molecule has 1 fully saturated rings. The van der Waals surface area contributed by atoms with E-state index in [1.54, 1.807) is 0 Å². The summed E-state index contributed by atoms with van der Waals surface area (Å²) in [5, 5.41) is 11.6. The van der Waals surface area contributed by atoms with E-state index in [2.05, 4.69) is 17.1 Å². The average molecular weight is 242 g/mol. The molecular formula is C13H26N2O2. The van der Waals surface area contributed by atoms with Crippen LogP contribution in [0.2, 0.25) is 0 Å². The Morgan fingerprint density at radius 3 is 2.65 bits per heavy atom. The van der Waals surface area contributed by atoms with E-state index >= 15 is 0 Å². The maximum absolute atomic E-state index is 11.8. The van der Waals surface area contributed by atoms with E-state index in [1.165, 1.54) is 6.42 Å². The number of piperidine rings is 1. The molecule has 100 valence electrons. The number of amides is 1. The molecule has 4 nitrogen and oxygen atoms in total. The topological polar surface area (TPSA) is 52.6 Å². The lowest BCUT2D eigenvalue weighted by Gasteiger charge is -2.30. The molecular weight excluding hydrogens is 216 g/mol. The van der Waals surface area contributed by atoms with Crippen LogP contribution >= 0.6 is 0 Å². The van der Waals surface area contributed by atoms with Crippen LogP contribution in [0.1, 0.15) is 39.0 Å². The Bertz CT molecular complexity index is 213. The van der Waals surface area contributed by atoms with E-state index in [9.17, 15) is 4.79 Å². The van der Waals surface area contributed by atoms with Crippen molar-refractivity contribution < 1.29 is 9.90 Å². The van der Waals surface area contributed by atoms with Gasteiger partial charge >= 0.3 is 0 Å². The highest BCUT2D eigenvalue weighted by atomic mass is 16.2. The minimum atomic E-state index is 0.206. The molecule has 0 spiro atoms. The van der Waals surface area contributed by atoms with Crippen molar-refractivity contribution in [2.75, 3.05) is 32.8 Å². The number of hydrogen-bond acceptors (Lipinski definition) is 3. The molecule has 0 aromatic heterocycles. The number of likely N-dealkylation sites (tertiary alicyclic amines) is 1. The van der Waals surface area contributed by atoms with Gasteiger partial charge in [-0.15, -0.1) is 0 Å². The molecule has 0 aromatic rings. The second kappa shape index (κ2) is 8.48. The summed E-state index contributed by atoms with van der Waals surface area (Å²) in [6.45, 7) is 6.38. The van der Waals surface area contributed by atoms with E-state index in [4.69, 9.17) is 5.11 Å². The van der Waals surface area contributed by atoms with Crippen molar-refractivity contribution in [3.8, 4) is 0 Å². The minimum Gasteiger partial charge on any atom is -0.396 e. The van der Waals surface area contributed by atoms with E-state index in [-0.39, 0.29) is 18.4 Å². The van der Waals surface area contributed by atoms with Gasteiger partial charge in [0.25, 0.3) is 0 Å².